The summed E-state index contributed by atoms with van der Waals surface area (Å²) < 4.78 is 31.6. The minimum atomic E-state index is -1.13. The Bertz CT molecular complexity index is 2930. The maximum absolute atomic E-state index is 14.1. The van der Waals surface area contributed by atoms with E-state index in [1.807, 2.05) is 70.3 Å². The Labute approximate surface area is 441 Å². The zero-order valence-corrected chi connectivity index (χ0v) is 44.8. The van der Waals surface area contributed by atoms with Crippen LogP contribution in [0.1, 0.15) is 56.9 Å². The molecule has 0 radical (unpaired) electrons. The Morgan fingerprint density at radius 1 is 0.933 bits per heavy atom. The Balaban J connectivity index is 0.781. The first-order chi connectivity index (χ1) is 36.0. The van der Waals surface area contributed by atoms with Gasteiger partial charge >= 0.3 is 0 Å². The molecule has 2 saturated heterocycles. The molecule has 3 atom stereocenters. The van der Waals surface area contributed by atoms with Crippen molar-refractivity contribution in [2.45, 2.75) is 78.2 Å². The van der Waals surface area contributed by atoms with Gasteiger partial charge in [-0.25, -0.2) is 4.98 Å². The lowest BCUT2D eigenvalue weighted by molar-refractivity contribution is -0.144. The van der Waals surface area contributed by atoms with Crippen LogP contribution in [0, 0.1) is 29.1 Å². The van der Waals surface area contributed by atoms with Gasteiger partial charge < -0.3 is 48.9 Å². The monoisotopic (exact) mass is 1050 g/mol. The largest absolute Gasteiger partial charge is 0.496 e. The number of pyridine rings is 2. The summed E-state index contributed by atoms with van der Waals surface area (Å²) in [5.41, 5.74) is 5.09. The number of β-amino-alcohol motifs (C(OH)–C–C–N with tert-alkyl or cyclic N) is 1. The molecule has 3 N–H and O–H groups in total. The number of methoxy groups -OCH3 is 2. The lowest BCUT2D eigenvalue weighted by Gasteiger charge is -2.35. The number of hydrogen-bond donors (Lipinski definition) is 3. The molecule has 0 spiro atoms. The number of nitrogens with zero attached hydrogens (tertiary/aromatic N) is 7. The highest BCUT2D eigenvalue weighted by Crippen LogP contribution is 2.45. The van der Waals surface area contributed by atoms with Crippen molar-refractivity contribution in [2.75, 3.05) is 86.5 Å². The molecule has 0 bridgehead atoms. The van der Waals surface area contributed by atoms with Crippen LogP contribution in [-0.2, 0) is 44.0 Å². The fourth-order valence-corrected chi connectivity index (χ4v) is 10.5. The van der Waals surface area contributed by atoms with E-state index < -0.39 is 46.7 Å². The molecule has 5 heterocycles. The Kier molecular flexibility index (Phi) is 17.6. The van der Waals surface area contributed by atoms with Gasteiger partial charge in [-0.15, -0.1) is 11.3 Å². The van der Waals surface area contributed by atoms with Crippen LogP contribution in [0.2, 0.25) is 0 Å². The van der Waals surface area contributed by atoms with Crippen molar-refractivity contribution in [3.63, 3.8) is 0 Å². The number of aliphatic hydroxyl groups is 1. The molecule has 1 saturated carbocycles. The fraction of sp³-hybridized carbons (Fsp3) is 0.509. The zero-order valence-electron chi connectivity index (χ0n) is 44.0. The van der Waals surface area contributed by atoms with Crippen LogP contribution in [0.25, 0.3) is 32.3 Å². The number of likely N-dealkylation sites (tertiary alicyclic amines) is 1. The van der Waals surface area contributed by atoms with Crippen LogP contribution in [0.5, 0.6) is 17.2 Å². The summed E-state index contributed by atoms with van der Waals surface area (Å²) in [7, 11) is 5.07. The lowest BCUT2D eigenvalue weighted by atomic mass is 9.85. The maximum Gasteiger partial charge on any atom is 0.259 e. The first kappa shape index (κ1) is 54.8. The van der Waals surface area contributed by atoms with Crippen LogP contribution in [0.4, 0.5) is 0 Å². The molecule has 3 aromatic heterocycles. The minimum Gasteiger partial charge on any atom is -0.496 e. The number of benzene rings is 2. The quantitative estimate of drug-likeness (QED) is 0.0801. The summed E-state index contributed by atoms with van der Waals surface area (Å²) in [5.74, 6) is 0.584. The number of thiazole rings is 1. The van der Waals surface area contributed by atoms with Crippen LogP contribution in [0.15, 0.2) is 65.3 Å². The molecule has 3 fully saturated rings. The highest BCUT2D eigenvalue weighted by Gasteiger charge is 2.53. The van der Waals surface area contributed by atoms with E-state index in [1.54, 1.807) is 43.7 Å². The van der Waals surface area contributed by atoms with Crippen LogP contribution < -0.4 is 30.4 Å². The number of carbonyl (C=O) groups excluding carboxylic acids is 3. The van der Waals surface area contributed by atoms with Gasteiger partial charge in [0.25, 0.3) is 5.56 Å². The molecule has 3 aliphatic rings. The van der Waals surface area contributed by atoms with Crippen molar-refractivity contribution in [3.8, 4) is 44.9 Å². The molecule has 0 unspecified atom stereocenters. The fourth-order valence-electron chi connectivity index (χ4n) is 9.72. The Morgan fingerprint density at radius 2 is 1.61 bits per heavy atom. The lowest BCUT2D eigenvalue weighted by Crippen LogP contribution is -2.58. The standard InChI is InChI=1S/C55H69N9O10S/c1-35-48(75-34-59-35)36-8-9-37(28-58-50(66)44-27-39(65)30-64(44)52(68)49(54(2,3)4)60-53(69)55(33-56)11-12-55)45(24-36)74-23-22-73-21-20-72-19-18-62-14-16-63(17-15-62)32-43-46(70-6)25-38(26-47(43)71-7)42-31-61(5)51(67)41-29-57-13-10-40(41)42/h8-10,13,24-26,29,31,34,39,44,49,65H,11-12,14-23,27-28,30,32H2,1-7H3,(H,58,66)(H,60,69)/t39-,44+,49-/m1/s1. The van der Waals surface area contributed by atoms with E-state index in [0.717, 1.165) is 82.4 Å². The summed E-state index contributed by atoms with van der Waals surface area (Å²) >= 11 is 1.52. The van der Waals surface area contributed by atoms with Crippen molar-refractivity contribution in [1.29, 1.82) is 5.26 Å². The van der Waals surface area contributed by atoms with Gasteiger partial charge in [0.1, 0.15) is 41.4 Å². The van der Waals surface area contributed by atoms with E-state index in [9.17, 15) is 29.5 Å². The number of fused-ring (bicyclic) bond motifs is 1. The summed E-state index contributed by atoms with van der Waals surface area (Å²) in [5, 5.41) is 27.4. The first-order valence-electron chi connectivity index (χ1n) is 25.5. The number of hydrogen-bond acceptors (Lipinski definition) is 16. The topological polar surface area (TPSA) is 223 Å². The highest BCUT2D eigenvalue weighted by molar-refractivity contribution is 7.13. The molecule has 400 valence electrons. The first-order valence-corrected chi connectivity index (χ1v) is 26.4. The van der Waals surface area contributed by atoms with Gasteiger partial charge in [-0.2, -0.15) is 5.26 Å². The van der Waals surface area contributed by atoms with Crippen molar-refractivity contribution in [2.24, 2.45) is 17.9 Å². The maximum atomic E-state index is 14.1. The Morgan fingerprint density at radius 3 is 2.27 bits per heavy atom. The number of nitriles is 1. The minimum absolute atomic E-state index is 0.0411. The number of rotatable bonds is 22. The van der Waals surface area contributed by atoms with Crippen molar-refractivity contribution >= 4 is 39.8 Å². The van der Waals surface area contributed by atoms with Crippen LogP contribution >= 0.6 is 11.3 Å². The number of piperazine rings is 1. The predicted molar refractivity (Wildman–Crippen MR) is 283 cm³/mol. The molecule has 5 aromatic rings. The SMILES string of the molecule is COc1cc(-c2cn(C)c(=O)c3cnccc23)cc(OC)c1CN1CCN(CCOCCOCCOc2cc(-c3scnc3C)ccc2CNC(=O)[C@@H]2C[C@@H](O)CN2C(=O)[C@@H](NC(=O)C2(C#N)CC2)C(C)(C)C)CC1. The number of aromatic nitrogens is 3. The number of amides is 3. The summed E-state index contributed by atoms with van der Waals surface area (Å²) in [6.07, 6.45) is 5.12. The average Bonchev–Trinajstić information content (AvgIpc) is 3.94. The third-order valence-electron chi connectivity index (χ3n) is 14.3. The van der Waals surface area contributed by atoms with Crippen molar-refractivity contribution < 1.29 is 43.2 Å². The summed E-state index contributed by atoms with van der Waals surface area (Å²) in [6.45, 7) is 14.3. The molecule has 19 nitrogen and oxygen atoms in total. The second-order valence-corrected chi connectivity index (χ2v) is 21.5. The number of carbonyl (C=O) groups is 3. The smallest absolute Gasteiger partial charge is 0.259 e. The summed E-state index contributed by atoms with van der Waals surface area (Å²) in [4.78, 5) is 69.6. The van der Waals surface area contributed by atoms with Gasteiger partial charge in [0, 0.05) is 95.5 Å². The third-order valence-corrected chi connectivity index (χ3v) is 15.3. The van der Waals surface area contributed by atoms with Crippen molar-refractivity contribution in [1.82, 2.24) is 39.9 Å². The molecule has 2 aromatic carbocycles. The molecule has 3 amide bonds. The second-order valence-electron chi connectivity index (χ2n) is 20.6. The molecule has 20 heteroatoms. The van der Waals surface area contributed by atoms with Gasteiger partial charge in [-0.3, -0.25) is 34.0 Å². The van der Waals surface area contributed by atoms with Gasteiger partial charge in [0.15, 0.2) is 0 Å². The van der Waals surface area contributed by atoms with Gasteiger partial charge in [0.2, 0.25) is 17.7 Å². The van der Waals surface area contributed by atoms with Crippen LogP contribution in [-0.4, -0.2) is 157 Å². The number of nitrogens with one attached hydrogen (secondary N) is 2. The Hall–Kier alpha value is -6.47. The molecule has 75 heavy (non-hydrogen) atoms. The molecule has 2 aliphatic heterocycles. The molecule has 8 rings (SSSR count). The zero-order chi connectivity index (χ0) is 53.4. The van der Waals surface area contributed by atoms with Crippen LogP contribution in [0.3, 0.4) is 0 Å². The predicted octanol–water partition coefficient (Wildman–Crippen LogP) is 4.69. The van der Waals surface area contributed by atoms with E-state index in [2.05, 4.69) is 36.5 Å². The second kappa shape index (κ2) is 24.0. The normalized spacial score (nSPS) is 18.1. The van der Waals surface area contributed by atoms with E-state index >= 15 is 0 Å². The third kappa shape index (κ3) is 12.8. The highest BCUT2D eigenvalue weighted by atomic mass is 32.1. The van der Waals surface area contributed by atoms with Gasteiger partial charge in [-0.05, 0) is 66.0 Å². The van der Waals surface area contributed by atoms with E-state index in [0.29, 0.717) is 62.5 Å². The molecule has 1 aliphatic carbocycles. The van der Waals surface area contributed by atoms with E-state index in [-0.39, 0.29) is 31.7 Å². The van der Waals surface area contributed by atoms with E-state index in [1.165, 1.54) is 16.2 Å². The van der Waals surface area contributed by atoms with Crippen molar-refractivity contribution in [3.05, 3.63) is 87.7 Å². The number of aryl methyl sites for hydroxylation is 2. The molecular formula is C55H69N9O10S. The molecular weight excluding hydrogens is 979 g/mol. The number of ether oxygens (including phenoxy) is 5. The van der Waals surface area contributed by atoms with Gasteiger partial charge in [0.05, 0.1) is 79.9 Å². The summed E-state index contributed by atoms with van der Waals surface area (Å²) in [6, 6.07) is 11.8. The number of aliphatic hydroxyl groups excluding tert-OH is 1. The average molecular weight is 1050 g/mol. The van der Waals surface area contributed by atoms with E-state index in [4.69, 9.17) is 23.7 Å². The van der Waals surface area contributed by atoms with Gasteiger partial charge in [-0.1, -0.05) is 32.9 Å².